The van der Waals surface area contributed by atoms with E-state index in [1.165, 1.54) is 23.0 Å². The largest absolute Gasteiger partial charge is 0.476 e. The molecule has 4 aromatic heterocycles. The summed E-state index contributed by atoms with van der Waals surface area (Å²) in [6, 6.07) is 10.7. The number of H-pyrrole nitrogens is 1. The van der Waals surface area contributed by atoms with Crippen LogP contribution in [-0.2, 0) is 0 Å². The second kappa shape index (κ2) is 8.65. The van der Waals surface area contributed by atoms with Crippen molar-refractivity contribution in [2.24, 2.45) is 5.92 Å². The van der Waals surface area contributed by atoms with Crippen molar-refractivity contribution in [3.63, 3.8) is 0 Å². The van der Waals surface area contributed by atoms with Gasteiger partial charge in [0.15, 0.2) is 5.69 Å². The molecule has 5 aromatic rings. The van der Waals surface area contributed by atoms with Crippen LogP contribution in [0, 0.1) is 24.7 Å². The van der Waals surface area contributed by atoms with E-state index in [2.05, 4.69) is 25.3 Å². The number of imidazole rings is 1. The van der Waals surface area contributed by atoms with Crippen LogP contribution < -0.4 is 5.56 Å². The molecular weight excluding hydrogens is 544 g/mol. The lowest BCUT2D eigenvalue weighted by Gasteiger charge is -2.17. The summed E-state index contributed by atoms with van der Waals surface area (Å²) in [7, 11) is 0. The number of pyridine rings is 2. The smallest absolute Gasteiger partial charge is 0.358 e. The van der Waals surface area contributed by atoms with E-state index in [-0.39, 0.29) is 40.2 Å². The number of hydrogen-bond donors (Lipinski definition) is 2. The van der Waals surface area contributed by atoms with E-state index < -0.39 is 23.9 Å². The Hall–Kier alpha value is -4.71. The molecule has 0 radical (unpaired) electrons. The average Bonchev–Trinajstić information content (AvgIpc) is 3.21. The van der Waals surface area contributed by atoms with E-state index in [4.69, 9.17) is 11.6 Å². The standard InChI is InChI=1S/C27H18ClF2N7O3/c1-11-2-4-14(24(29)31-11)22-25(30)33-26(32-22)23-17-9-16(17)20-6-12(7-21(38)37(20)23)15-8-13(28)3-5-19(15)36-10-18(27(39)40)34-35-36/h2-8,10,16-17,23H,9H2,1H3,(H,32,33)(H,39,40). The lowest BCUT2D eigenvalue weighted by molar-refractivity contribution is 0.0690. The molecule has 3 unspecified atom stereocenters. The molecule has 0 bridgehead atoms. The SMILES string of the molecule is Cc1ccc(-c2nc(C3C4CC4c4cc(-c5cc(Cl)ccc5-n5cc(C(=O)O)nn5)cc(=O)n43)[nH]c2F)c(F)n1. The van der Waals surface area contributed by atoms with Crippen LogP contribution in [-0.4, -0.2) is 45.6 Å². The van der Waals surface area contributed by atoms with Gasteiger partial charge in [0.2, 0.25) is 11.9 Å². The maximum atomic E-state index is 15.0. The first-order chi connectivity index (χ1) is 19.2. The lowest BCUT2D eigenvalue weighted by Crippen LogP contribution is -2.26. The lowest BCUT2D eigenvalue weighted by atomic mass is 10.0. The fourth-order valence-corrected chi connectivity index (χ4v) is 5.74. The topological polar surface area (TPSA) is 132 Å². The highest BCUT2D eigenvalue weighted by molar-refractivity contribution is 6.31. The Bertz CT molecular complexity index is 1930. The van der Waals surface area contributed by atoms with Gasteiger partial charge >= 0.3 is 5.97 Å². The van der Waals surface area contributed by atoms with Gasteiger partial charge in [0.1, 0.15) is 11.5 Å². The molecule has 0 spiro atoms. The number of carboxylic acid groups (broad SMARTS) is 1. The van der Waals surface area contributed by atoms with E-state index >= 15 is 0 Å². The molecule has 13 heteroatoms. The van der Waals surface area contributed by atoms with Crippen molar-refractivity contribution in [1.82, 2.24) is 34.5 Å². The van der Waals surface area contributed by atoms with E-state index in [0.717, 1.165) is 12.1 Å². The van der Waals surface area contributed by atoms with E-state index in [1.807, 2.05) is 6.07 Å². The van der Waals surface area contributed by atoms with Gasteiger partial charge in [-0.05, 0) is 61.2 Å². The number of nitrogens with one attached hydrogen (secondary N) is 1. The minimum atomic E-state index is -1.22. The molecule has 5 heterocycles. The highest BCUT2D eigenvalue weighted by atomic mass is 35.5. The van der Waals surface area contributed by atoms with Crippen molar-refractivity contribution in [2.45, 2.75) is 25.3 Å². The third kappa shape index (κ3) is 3.74. The number of aromatic carboxylic acids is 1. The molecule has 1 saturated carbocycles. The third-order valence-corrected chi connectivity index (χ3v) is 7.67. The molecule has 2 aliphatic rings. The zero-order valence-electron chi connectivity index (χ0n) is 20.6. The molecule has 2 N–H and O–H groups in total. The number of rotatable bonds is 5. The van der Waals surface area contributed by atoms with Gasteiger partial charge < -0.3 is 14.7 Å². The highest BCUT2D eigenvalue weighted by Gasteiger charge is 2.54. The van der Waals surface area contributed by atoms with Crippen molar-refractivity contribution in [3.05, 3.63) is 98.8 Å². The Morgan fingerprint density at radius 3 is 2.70 bits per heavy atom. The first kappa shape index (κ1) is 24.3. The van der Waals surface area contributed by atoms with Gasteiger partial charge in [-0.25, -0.2) is 19.4 Å². The molecule has 3 atom stereocenters. The van der Waals surface area contributed by atoms with Crippen LogP contribution in [0.5, 0.6) is 0 Å². The minimum absolute atomic E-state index is 0.0228. The summed E-state index contributed by atoms with van der Waals surface area (Å²) in [6.07, 6.45) is 2.05. The van der Waals surface area contributed by atoms with Crippen molar-refractivity contribution >= 4 is 17.6 Å². The predicted molar refractivity (Wildman–Crippen MR) is 138 cm³/mol. The maximum absolute atomic E-state index is 15.0. The van der Waals surface area contributed by atoms with Crippen LogP contribution in [0.1, 0.15) is 46.1 Å². The van der Waals surface area contributed by atoms with Gasteiger partial charge in [0.25, 0.3) is 5.56 Å². The Kier molecular flexibility index (Phi) is 5.26. The Morgan fingerprint density at radius 1 is 1.12 bits per heavy atom. The zero-order chi connectivity index (χ0) is 27.9. The maximum Gasteiger partial charge on any atom is 0.358 e. The van der Waals surface area contributed by atoms with Gasteiger partial charge in [0, 0.05) is 34.0 Å². The predicted octanol–water partition coefficient (Wildman–Crippen LogP) is 4.53. The monoisotopic (exact) mass is 561 g/mol. The molecule has 10 nitrogen and oxygen atoms in total. The quantitative estimate of drug-likeness (QED) is 0.301. The van der Waals surface area contributed by atoms with Crippen molar-refractivity contribution < 1.29 is 18.7 Å². The average molecular weight is 562 g/mol. The minimum Gasteiger partial charge on any atom is -0.476 e. The Balaban J connectivity index is 1.31. The van der Waals surface area contributed by atoms with Gasteiger partial charge in [0.05, 0.1) is 23.5 Å². The van der Waals surface area contributed by atoms with Crippen molar-refractivity contribution in [3.8, 4) is 28.1 Å². The Morgan fingerprint density at radius 2 is 1.95 bits per heavy atom. The molecule has 0 saturated heterocycles. The molecule has 1 aliphatic heterocycles. The number of aryl methyl sites for hydroxylation is 1. The third-order valence-electron chi connectivity index (χ3n) is 7.43. The van der Waals surface area contributed by atoms with Crippen LogP contribution in [0.4, 0.5) is 8.78 Å². The second-order valence-electron chi connectivity index (χ2n) is 9.92. The molecule has 40 heavy (non-hydrogen) atoms. The van der Waals surface area contributed by atoms with Crippen molar-refractivity contribution in [1.29, 1.82) is 0 Å². The summed E-state index contributed by atoms with van der Waals surface area (Å²) < 4.78 is 32.4. The van der Waals surface area contributed by atoms with Gasteiger partial charge in [-0.1, -0.05) is 16.8 Å². The van der Waals surface area contributed by atoms with Gasteiger partial charge in [-0.2, -0.15) is 8.78 Å². The normalized spacial score (nSPS) is 18.9. The van der Waals surface area contributed by atoms with Crippen LogP contribution >= 0.6 is 11.6 Å². The number of halogens is 3. The molecule has 7 rings (SSSR count). The Labute approximate surface area is 228 Å². The number of fused-ring (bicyclic) bond motifs is 3. The van der Waals surface area contributed by atoms with Crippen LogP contribution in [0.15, 0.2) is 53.5 Å². The summed E-state index contributed by atoms with van der Waals surface area (Å²) in [5, 5.41) is 17.3. The van der Waals surface area contributed by atoms with Crippen LogP contribution in [0.2, 0.25) is 5.02 Å². The second-order valence-corrected chi connectivity index (χ2v) is 10.4. The highest BCUT2D eigenvalue weighted by Crippen LogP contribution is 2.60. The summed E-state index contributed by atoms with van der Waals surface area (Å²) in [5.74, 6) is -2.53. The van der Waals surface area contributed by atoms with Gasteiger partial charge in [-0.15, -0.1) is 5.10 Å². The summed E-state index contributed by atoms with van der Waals surface area (Å²) in [5.41, 5.74) is 2.01. The molecule has 1 aliphatic carbocycles. The summed E-state index contributed by atoms with van der Waals surface area (Å²) in [6.45, 7) is 1.63. The zero-order valence-corrected chi connectivity index (χ0v) is 21.4. The molecule has 1 aromatic carbocycles. The molecule has 200 valence electrons. The fraction of sp³-hybridized carbons (Fsp3) is 0.185. The van der Waals surface area contributed by atoms with Crippen molar-refractivity contribution in [2.75, 3.05) is 0 Å². The van der Waals surface area contributed by atoms with Crippen LogP contribution in [0.3, 0.4) is 0 Å². The van der Waals surface area contributed by atoms with E-state index in [9.17, 15) is 23.5 Å². The molecule has 1 fully saturated rings. The number of aromatic amines is 1. The number of carboxylic acids is 1. The fourth-order valence-electron chi connectivity index (χ4n) is 5.57. The first-order valence-electron chi connectivity index (χ1n) is 12.3. The molecule has 0 amide bonds. The van der Waals surface area contributed by atoms with Crippen LogP contribution in [0.25, 0.3) is 28.1 Å². The number of aromatic nitrogens is 7. The van der Waals surface area contributed by atoms with E-state index in [1.54, 1.807) is 35.8 Å². The number of nitrogens with zero attached hydrogens (tertiary/aromatic N) is 6. The van der Waals surface area contributed by atoms with E-state index in [0.29, 0.717) is 27.5 Å². The summed E-state index contributed by atoms with van der Waals surface area (Å²) in [4.78, 5) is 35.6. The number of carbonyl (C=O) groups is 1. The number of hydrogen-bond acceptors (Lipinski definition) is 6. The van der Waals surface area contributed by atoms with Gasteiger partial charge in [-0.3, -0.25) is 4.79 Å². The first-order valence-corrected chi connectivity index (χ1v) is 12.7. The summed E-state index contributed by atoms with van der Waals surface area (Å²) >= 11 is 6.29. The number of benzene rings is 1. The molecular formula is C27H18ClF2N7O3.